The van der Waals surface area contributed by atoms with Gasteiger partial charge < -0.3 is 19.9 Å². The van der Waals surface area contributed by atoms with Crippen LogP contribution in [0.25, 0.3) is 21.3 Å². The summed E-state index contributed by atoms with van der Waals surface area (Å²) < 4.78 is 1.68. The number of amides is 1. The number of aliphatic hydroxyl groups is 1. The Balaban J connectivity index is 0.00000267. The number of imidazole rings is 1. The minimum Gasteiger partial charge on any atom is -0.543 e. The van der Waals surface area contributed by atoms with Crippen LogP contribution in [0.4, 0.5) is 0 Å². The molecule has 0 aliphatic carbocycles. The van der Waals surface area contributed by atoms with E-state index in [0.717, 1.165) is 10.9 Å². The summed E-state index contributed by atoms with van der Waals surface area (Å²) >= 11 is 1.23. The molecule has 6 rings (SSSR count). The summed E-state index contributed by atoms with van der Waals surface area (Å²) in [6.07, 6.45) is 3.85. The third-order valence-electron chi connectivity index (χ3n) is 6.91. The summed E-state index contributed by atoms with van der Waals surface area (Å²) in [6, 6.07) is 8.82. The second-order valence-corrected chi connectivity index (χ2v) is 9.98. The van der Waals surface area contributed by atoms with Crippen molar-refractivity contribution < 1.29 is 54.2 Å². The molecule has 176 valence electrons. The fourth-order valence-electron chi connectivity index (χ4n) is 5.30. The number of carbonyl (C=O) groups is 3. The predicted molar refractivity (Wildman–Crippen MR) is 125 cm³/mol. The second-order valence-electron chi connectivity index (χ2n) is 8.95. The van der Waals surface area contributed by atoms with Crippen LogP contribution in [0.3, 0.4) is 0 Å². The van der Waals surface area contributed by atoms with Gasteiger partial charge in [-0.3, -0.25) is 19.0 Å². The molecule has 11 heteroatoms. The molecule has 5 heterocycles. The van der Waals surface area contributed by atoms with Crippen LogP contribution in [-0.4, -0.2) is 54.2 Å². The molecule has 4 atom stereocenters. The van der Waals surface area contributed by atoms with Gasteiger partial charge in [-0.15, -0.1) is 11.3 Å². The van der Waals surface area contributed by atoms with Crippen molar-refractivity contribution in [2.45, 2.75) is 26.0 Å². The molecule has 1 saturated heterocycles. The average Bonchev–Trinajstić information content (AvgIpc) is 3.47. The Morgan fingerprint density at radius 2 is 1.97 bits per heavy atom. The molecule has 2 aliphatic rings. The van der Waals surface area contributed by atoms with Gasteiger partial charge in [-0.2, -0.15) is 0 Å². The van der Waals surface area contributed by atoms with Crippen molar-refractivity contribution in [2.24, 2.45) is 11.8 Å². The Bertz CT molecular complexity index is 1610. The maximum Gasteiger partial charge on any atom is 1.00 e. The van der Waals surface area contributed by atoms with Crippen LogP contribution in [0.2, 0.25) is 0 Å². The molecule has 0 saturated carbocycles. The molecule has 2 aliphatic heterocycles. The van der Waals surface area contributed by atoms with E-state index in [0.29, 0.717) is 20.8 Å². The first-order valence-electron chi connectivity index (χ1n) is 11.1. The number of β-lactam (4-membered cyclic amide) rings is 1. The van der Waals surface area contributed by atoms with E-state index < -0.39 is 29.9 Å². The van der Waals surface area contributed by atoms with Crippen LogP contribution >= 0.6 is 11.3 Å². The maximum atomic E-state index is 13.3. The number of carbonyl (C=O) groups excluding carboxylic acids is 3. The number of hydrogen-bond acceptors (Lipinski definition) is 8. The van der Waals surface area contributed by atoms with Crippen LogP contribution in [0.15, 0.2) is 54.7 Å². The summed E-state index contributed by atoms with van der Waals surface area (Å²) in [5.74, 6) is -3.15. The van der Waals surface area contributed by atoms with E-state index in [4.69, 9.17) is 0 Å². The van der Waals surface area contributed by atoms with Crippen LogP contribution in [0, 0.1) is 11.8 Å². The van der Waals surface area contributed by atoms with Gasteiger partial charge in [0.15, 0.2) is 0 Å². The SMILES string of the molecule is C[C@@H](O)[C@H]1C(=O)N2C(C(=O)[O-])=C(c3cn4cnc(C(=O)c5cnc6ccccc6c5)c4s3)[C@H](C)[C@H]12.[Na+]. The molecule has 0 bridgehead atoms. The Morgan fingerprint density at radius 3 is 2.69 bits per heavy atom. The number of benzene rings is 1. The standard InChI is InChI=1S/C25H20N4O5S.Na/c1-11-17(21(25(33)34)29-20(11)18(12(2)30)23(29)32)16-9-28-10-27-19(24(28)35-16)22(31)14-7-13-5-3-4-6-15(13)26-8-14;/h3-12,18,20,30H,1-2H3,(H,33,34);/q;+1/p-1/t11-,12+,18+,20+;/m0./s1. The minimum atomic E-state index is -1.44. The van der Waals surface area contributed by atoms with Gasteiger partial charge >= 0.3 is 29.6 Å². The summed E-state index contributed by atoms with van der Waals surface area (Å²) in [6.45, 7) is 3.37. The molecular formula is C25H19N4NaO5S. The number of carboxylic acids is 1. The van der Waals surface area contributed by atoms with Gasteiger partial charge in [-0.05, 0) is 19.1 Å². The van der Waals surface area contributed by atoms with E-state index in [1.54, 1.807) is 16.7 Å². The Kier molecular flexibility index (Phi) is 6.12. The first-order valence-corrected chi connectivity index (χ1v) is 11.9. The molecule has 36 heavy (non-hydrogen) atoms. The van der Waals surface area contributed by atoms with Crippen molar-refractivity contribution in [1.82, 2.24) is 19.3 Å². The number of para-hydroxylation sites is 1. The van der Waals surface area contributed by atoms with E-state index in [1.807, 2.05) is 31.2 Å². The number of ketones is 1. The average molecular weight is 511 g/mol. The number of hydrogen-bond donors (Lipinski definition) is 1. The molecule has 4 aromatic rings. The number of nitrogens with zero attached hydrogens (tertiary/aromatic N) is 4. The number of aliphatic carboxylic acids is 1. The summed E-state index contributed by atoms with van der Waals surface area (Å²) in [5, 5.41) is 23.0. The van der Waals surface area contributed by atoms with E-state index >= 15 is 0 Å². The van der Waals surface area contributed by atoms with Crippen molar-refractivity contribution in [3.05, 3.63) is 70.9 Å². The molecule has 1 amide bonds. The van der Waals surface area contributed by atoms with Crippen LogP contribution < -0.4 is 34.7 Å². The van der Waals surface area contributed by atoms with E-state index in [1.165, 1.54) is 35.7 Å². The number of thiazole rings is 1. The molecule has 9 nitrogen and oxygen atoms in total. The van der Waals surface area contributed by atoms with E-state index in [-0.39, 0.29) is 52.6 Å². The van der Waals surface area contributed by atoms with Gasteiger partial charge in [-0.1, -0.05) is 25.1 Å². The summed E-state index contributed by atoms with van der Waals surface area (Å²) in [4.78, 5) is 49.0. The molecule has 1 aromatic carbocycles. The van der Waals surface area contributed by atoms with Crippen LogP contribution in [0.1, 0.15) is 34.8 Å². The molecule has 0 spiro atoms. The van der Waals surface area contributed by atoms with Gasteiger partial charge in [0.1, 0.15) is 16.9 Å². The normalized spacial score (nSPS) is 21.9. The zero-order valence-electron chi connectivity index (χ0n) is 19.7. The molecule has 0 radical (unpaired) electrons. The summed E-state index contributed by atoms with van der Waals surface area (Å²) in [7, 11) is 0. The minimum absolute atomic E-state index is 0. The number of pyridine rings is 1. The largest absolute Gasteiger partial charge is 1.00 e. The fourth-order valence-corrected chi connectivity index (χ4v) is 6.51. The van der Waals surface area contributed by atoms with Crippen LogP contribution in [0.5, 0.6) is 0 Å². The first kappa shape index (κ1) is 24.8. The molecule has 1 N–H and O–H groups in total. The van der Waals surface area contributed by atoms with Crippen molar-refractivity contribution >= 4 is 50.3 Å². The monoisotopic (exact) mass is 510 g/mol. The summed E-state index contributed by atoms with van der Waals surface area (Å²) in [5.41, 5.74) is 1.71. The van der Waals surface area contributed by atoms with Gasteiger partial charge in [0.25, 0.3) is 0 Å². The number of rotatable bonds is 5. The Hall–Kier alpha value is -2.89. The number of aliphatic hydroxyl groups excluding tert-OH is 1. The second kappa shape index (κ2) is 8.89. The van der Waals surface area contributed by atoms with Crippen molar-refractivity contribution in [3.63, 3.8) is 0 Å². The van der Waals surface area contributed by atoms with Crippen molar-refractivity contribution in [1.29, 1.82) is 0 Å². The van der Waals surface area contributed by atoms with Gasteiger partial charge in [0, 0.05) is 34.8 Å². The van der Waals surface area contributed by atoms with Crippen LogP contribution in [-0.2, 0) is 9.59 Å². The predicted octanol–water partition coefficient (Wildman–Crippen LogP) is -1.50. The number of carboxylic acid groups (broad SMARTS) is 1. The van der Waals surface area contributed by atoms with Gasteiger partial charge in [0.2, 0.25) is 11.7 Å². The fraction of sp³-hybridized carbons (Fsp3) is 0.240. The Labute approximate surface area is 231 Å². The molecule has 3 aromatic heterocycles. The maximum absolute atomic E-state index is 13.3. The van der Waals surface area contributed by atoms with Crippen molar-refractivity contribution in [3.8, 4) is 0 Å². The van der Waals surface area contributed by atoms with E-state index in [9.17, 15) is 24.6 Å². The van der Waals surface area contributed by atoms with Crippen molar-refractivity contribution in [2.75, 3.05) is 0 Å². The Morgan fingerprint density at radius 1 is 1.22 bits per heavy atom. The third-order valence-corrected chi connectivity index (χ3v) is 8.05. The number of aromatic nitrogens is 3. The zero-order chi connectivity index (χ0) is 24.6. The molecule has 0 unspecified atom stereocenters. The third kappa shape index (κ3) is 3.47. The topological polar surface area (TPSA) is 128 Å². The smallest absolute Gasteiger partial charge is 0.543 e. The van der Waals surface area contributed by atoms with Gasteiger partial charge in [-0.25, -0.2) is 4.98 Å². The van der Waals surface area contributed by atoms with Gasteiger partial charge in [0.05, 0.1) is 40.1 Å². The number of fused-ring (bicyclic) bond motifs is 3. The van der Waals surface area contributed by atoms with E-state index in [2.05, 4.69) is 9.97 Å². The first-order chi connectivity index (χ1) is 16.8. The molecule has 1 fully saturated rings. The quantitative estimate of drug-likeness (QED) is 0.197. The molecular weight excluding hydrogens is 491 g/mol. The zero-order valence-corrected chi connectivity index (χ0v) is 22.5.